The molecular weight excluding hydrogens is 196 g/mol. The number of anilines is 1. The molecule has 0 saturated heterocycles. The molecule has 1 rings (SSSR count). The van der Waals surface area contributed by atoms with Crippen LogP contribution in [0.3, 0.4) is 0 Å². The van der Waals surface area contributed by atoms with E-state index in [9.17, 15) is 10.1 Å². The molecule has 15 heavy (non-hydrogen) atoms. The molecule has 0 radical (unpaired) electrons. The first-order chi connectivity index (χ1) is 7.16. The predicted molar refractivity (Wildman–Crippen MR) is 57.5 cm³/mol. The predicted octanol–water partition coefficient (Wildman–Crippen LogP) is 2.10. The van der Waals surface area contributed by atoms with Crippen molar-refractivity contribution in [3.05, 3.63) is 33.9 Å². The Hall–Kier alpha value is -1.62. The molecular formula is C10H14N2O3. The summed E-state index contributed by atoms with van der Waals surface area (Å²) in [7, 11) is 0. The van der Waals surface area contributed by atoms with E-state index >= 15 is 0 Å². The van der Waals surface area contributed by atoms with Crippen molar-refractivity contribution in [3.8, 4) is 0 Å². The number of nitrogens with two attached hydrogens (primary N) is 1. The quantitative estimate of drug-likeness (QED) is 0.349. The van der Waals surface area contributed by atoms with Gasteiger partial charge in [0.2, 0.25) is 0 Å². The van der Waals surface area contributed by atoms with E-state index in [0.717, 1.165) is 6.42 Å². The first kappa shape index (κ1) is 11.5. The molecule has 0 aliphatic heterocycles. The molecule has 0 saturated carbocycles. The minimum atomic E-state index is -0.487. The maximum atomic E-state index is 10.6. The highest BCUT2D eigenvalue weighted by molar-refractivity contribution is 5.62. The number of benzene rings is 1. The maximum Gasteiger partial charge on any atom is 0.292 e. The lowest BCUT2D eigenvalue weighted by atomic mass is 10.1. The van der Waals surface area contributed by atoms with E-state index in [2.05, 4.69) is 0 Å². The number of nitro benzene ring substituents is 1. The van der Waals surface area contributed by atoms with E-state index < -0.39 is 4.92 Å². The third-order valence-electron chi connectivity index (χ3n) is 1.98. The summed E-state index contributed by atoms with van der Waals surface area (Å²) in [6.07, 6.45) is 0.912. The van der Waals surface area contributed by atoms with Gasteiger partial charge >= 0.3 is 0 Å². The Morgan fingerprint density at radius 3 is 2.87 bits per heavy atom. The second-order valence-electron chi connectivity index (χ2n) is 3.16. The van der Waals surface area contributed by atoms with Gasteiger partial charge < -0.3 is 10.5 Å². The summed E-state index contributed by atoms with van der Waals surface area (Å²) < 4.78 is 5.28. The van der Waals surface area contributed by atoms with Crippen LogP contribution in [-0.4, -0.2) is 11.5 Å². The SMILES string of the molecule is CCCOCc1cccc([N+](=O)[O-])c1N. The second-order valence-corrected chi connectivity index (χ2v) is 3.16. The van der Waals surface area contributed by atoms with E-state index in [1.807, 2.05) is 6.92 Å². The van der Waals surface area contributed by atoms with Gasteiger partial charge in [-0.2, -0.15) is 0 Å². The molecule has 82 valence electrons. The average molecular weight is 210 g/mol. The first-order valence-corrected chi connectivity index (χ1v) is 4.76. The second kappa shape index (κ2) is 5.31. The van der Waals surface area contributed by atoms with Crippen LogP contribution < -0.4 is 5.73 Å². The molecule has 0 aliphatic rings. The minimum absolute atomic E-state index is 0.0624. The smallest absolute Gasteiger partial charge is 0.292 e. The van der Waals surface area contributed by atoms with Gasteiger partial charge in [0.25, 0.3) is 5.69 Å². The van der Waals surface area contributed by atoms with Crippen LogP contribution in [0, 0.1) is 10.1 Å². The Labute approximate surface area is 88.0 Å². The van der Waals surface area contributed by atoms with Crippen molar-refractivity contribution in [2.75, 3.05) is 12.3 Å². The molecule has 1 aromatic rings. The fourth-order valence-electron chi connectivity index (χ4n) is 1.21. The van der Waals surface area contributed by atoms with Gasteiger partial charge in [-0.15, -0.1) is 0 Å². The number of nitro groups is 1. The molecule has 0 aromatic heterocycles. The third-order valence-corrected chi connectivity index (χ3v) is 1.98. The lowest BCUT2D eigenvalue weighted by Crippen LogP contribution is -2.02. The first-order valence-electron chi connectivity index (χ1n) is 4.76. The van der Waals surface area contributed by atoms with Crippen LogP contribution in [-0.2, 0) is 11.3 Å². The van der Waals surface area contributed by atoms with Gasteiger partial charge in [-0.05, 0) is 6.42 Å². The van der Waals surface area contributed by atoms with Crippen LogP contribution >= 0.6 is 0 Å². The van der Waals surface area contributed by atoms with Gasteiger partial charge in [-0.3, -0.25) is 10.1 Å². The summed E-state index contributed by atoms with van der Waals surface area (Å²) in [5.41, 5.74) is 6.44. The van der Waals surface area contributed by atoms with E-state index in [-0.39, 0.29) is 11.4 Å². The van der Waals surface area contributed by atoms with Crippen LogP contribution in [0.1, 0.15) is 18.9 Å². The third kappa shape index (κ3) is 2.92. The van der Waals surface area contributed by atoms with Gasteiger partial charge in [-0.25, -0.2) is 0 Å². The fraction of sp³-hybridized carbons (Fsp3) is 0.400. The van der Waals surface area contributed by atoms with E-state index in [1.54, 1.807) is 12.1 Å². The zero-order chi connectivity index (χ0) is 11.3. The summed E-state index contributed by atoms with van der Waals surface area (Å²) >= 11 is 0. The number of para-hydroxylation sites is 1. The zero-order valence-electron chi connectivity index (χ0n) is 8.60. The van der Waals surface area contributed by atoms with Crippen molar-refractivity contribution in [2.45, 2.75) is 20.0 Å². The highest BCUT2D eigenvalue weighted by Gasteiger charge is 2.13. The molecule has 2 N–H and O–H groups in total. The number of hydrogen-bond acceptors (Lipinski definition) is 4. The summed E-state index contributed by atoms with van der Waals surface area (Å²) in [4.78, 5) is 10.1. The normalized spacial score (nSPS) is 10.2. The fourth-order valence-corrected chi connectivity index (χ4v) is 1.21. The largest absolute Gasteiger partial charge is 0.393 e. The Morgan fingerprint density at radius 1 is 1.53 bits per heavy atom. The van der Waals surface area contributed by atoms with E-state index in [0.29, 0.717) is 18.8 Å². The maximum absolute atomic E-state index is 10.6. The van der Waals surface area contributed by atoms with E-state index in [1.165, 1.54) is 6.07 Å². The molecule has 5 heteroatoms. The molecule has 0 spiro atoms. The minimum Gasteiger partial charge on any atom is -0.393 e. The Bertz CT molecular complexity index is 353. The molecule has 5 nitrogen and oxygen atoms in total. The van der Waals surface area contributed by atoms with Crippen molar-refractivity contribution in [1.82, 2.24) is 0 Å². The Kier molecular flexibility index (Phi) is 4.05. The Morgan fingerprint density at radius 2 is 2.27 bits per heavy atom. The lowest BCUT2D eigenvalue weighted by Gasteiger charge is -2.06. The summed E-state index contributed by atoms with van der Waals surface area (Å²) in [6, 6.07) is 4.73. The van der Waals surface area contributed by atoms with Crippen molar-refractivity contribution >= 4 is 11.4 Å². The van der Waals surface area contributed by atoms with Gasteiger partial charge in [0.15, 0.2) is 0 Å². The molecule has 0 amide bonds. The monoisotopic (exact) mass is 210 g/mol. The summed E-state index contributed by atoms with van der Waals surface area (Å²) in [6.45, 7) is 2.94. The molecule has 1 aromatic carbocycles. The molecule has 0 atom stereocenters. The number of ether oxygens (including phenoxy) is 1. The van der Waals surface area contributed by atoms with Crippen LogP contribution in [0.4, 0.5) is 11.4 Å². The van der Waals surface area contributed by atoms with Crippen LogP contribution in [0.2, 0.25) is 0 Å². The van der Waals surface area contributed by atoms with Gasteiger partial charge in [0.1, 0.15) is 5.69 Å². The molecule has 0 fully saturated rings. The highest BCUT2D eigenvalue weighted by atomic mass is 16.6. The zero-order valence-corrected chi connectivity index (χ0v) is 8.60. The molecule has 0 bridgehead atoms. The van der Waals surface area contributed by atoms with Crippen molar-refractivity contribution < 1.29 is 9.66 Å². The average Bonchev–Trinajstić information content (AvgIpc) is 2.20. The van der Waals surface area contributed by atoms with Gasteiger partial charge in [-0.1, -0.05) is 19.1 Å². The number of nitrogens with zero attached hydrogens (tertiary/aromatic N) is 1. The standard InChI is InChI=1S/C10H14N2O3/c1-2-6-15-7-8-4-3-5-9(10(8)11)12(13)14/h3-5H,2,6-7,11H2,1H3. The van der Waals surface area contributed by atoms with Crippen molar-refractivity contribution in [2.24, 2.45) is 0 Å². The van der Waals surface area contributed by atoms with Crippen LogP contribution in [0.25, 0.3) is 0 Å². The number of rotatable bonds is 5. The molecule has 0 heterocycles. The van der Waals surface area contributed by atoms with Gasteiger partial charge in [0.05, 0.1) is 11.5 Å². The van der Waals surface area contributed by atoms with Gasteiger partial charge in [0, 0.05) is 18.2 Å². The van der Waals surface area contributed by atoms with Crippen molar-refractivity contribution in [3.63, 3.8) is 0 Å². The van der Waals surface area contributed by atoms with Crippen molar-refractivity contribution in [1.29, 1.82) is 0 Å². The number of hydrogen-bond donors (Lipinski definition) is 1. The van der Waals surface area contributed by atoms with E-state index in [4.69, 9.17) is 10.5 Å². The highest BCUT2D eigenvalue weighted by Crippen LogP contribution is 2.25. The summed E-state index contributed by atoms with van der Waals surface area (Å²) in [5, 5.41) is 10.6. The number of nitrogen functional groups attached to an aromatic ring is 1. The summed E-state index contributed by atoms with van der Waals surface area (Å²) in [5.74, 6) is 0. The van der Waals surface area contributed by atoms with Crippen LogP contribution in [0.5, 0.6) is 0 Å². The molecule has 0 unspecified atom stereocenters. The molecule has 0 aliphatic carbocycles. The topological polar surface area (TPSA) is 78.4 Å². The lowest BCUT2D eigenvalue weighted by molar-refractivity contribution is -0.384. The van der Waals surface area contributed by atoms with Crippen LogP contribution in [0.15, 0.2) is 18.2 Å². The Balaban J connectivity index is 2.80.